The van der Waals surface area contributed by atoms with Gasteiger partial charge >= 0.3 is 6.18 Å². The third-order valence-electron chi connectivity index (χ3n) is 4.66. The summed E-state index contributed by atoms with van der Waals surface area (Å²) in [6.45, 7) is 4.61. The zero-order valence-electron chi connectivity index (χ0n) is 15.6. The molecule has 1 aliphatic heterocycles. The van der Waals surface area contributed by atoms with Crippen LogP contribution in [0.2, 0.25) is 0 Å². The van der Waals surface area contributed by atoms with Gasteiger partial charge in [-0.05, 0) is 26.0 Å². The minimum atomic E-state index is -4.58. The molecule has 1 aromatic carbocycles. The average molecular weight is 394 g/mol. The van der Waals surface area contributed by atoms with Gasteiger partial charge in [0, 0.05) is 44.1 Å². The Morgan fingerprint density at radius 2 is 1.61 bits per heavy atom. The van der Waals surface area contributed by atoms with Crippen molar-refractivity contribution in [1.29, 1.82) is 0 Å². The maximum absolute atomic E-state index is 13.2. The topological polar surface area (TPSA) is 69.6 Å². The smallest absolute Gasteiger partial charge is 0.386 e. The summed E-state index contributed by atoms with van der Waals surface area (Å²) in [5.74, 6) is -0.179. The number of alkyl halides is 3. The Bertz CT molecular complexity index is 839. The van der Waals surface area contributed by atoms with Crippen LogP contribution in [0.4, 0.5) is 19.1 Å². The molecule has 9 heteroatoms. The second-order valence-corrected chi connectivity index (χ2v) is 7.15. The maximum Gasteiger partial charge on any atom is 0.417 e. The lowest BCUT2D eigenvalue weighted by Gasteiger charge is -2.35. The molecule has 0 atom stereocenters. The largest absolute Gasteiger partial charge is 0.417 e. The summed E-state index contributed by atoms with van der Waals surface area (Å²) in [4.78, 5) is 24.4. The van der Waals surface area contributed by atoms with Crippen molar-refractivity contribution in [2.75, 3.05) is 31.1 Å². The maximum atomic E-state index is 13.2. The predicted octanol–water partition coefficient (Wildman–Crippen LogP) is 2.69. The molecule has 0 unspecified atom stereocenters. The number of rotatable bonds is 3. The summed E-state index contributed by atoms with van der Waals surface area (Å²) in [6.07, 6.45) is -1.50. The van der Waals surface area contributed by atoms with Crippen molar-refractivity contribution in [2.24, 2.45) is 0 Å². The number of anilines is 1. The predicted molar refractivity (Wildman–Crippen MR) is 96.8 cm³/mol. The number of aromatic nitrogens is 2. The number of hydrogen-bond acceptors (Lipinski definition) is 5. The number of amides is 1. The van der Waals surface area contributed by atoms with Crippen LogP contribution in [-0.4, -0.2) is 52.1 Å². The molecule has 1 saturated heterocycles. The molecule has 28 heavy (non-hydrogen) atoms. The molecule has 0 bridgehead atoms. The van der Waals surface area contributed by atoms with Gasteiger partial charge in [0.2, 0.25) is 5.95 Å². The van der Waals surface area contributed by atoms with Crippen molar-refractivity contribution in [3.05, 3.63) is 53.3 Å². The molecule has 150 valence electrons. The Morgan fingerprint density at radius 1 is 1.04 bits per heavy atom. The monoisotopic (exact) mass is 394 g/mol. The second kappa shape index (κ2) is 7.38. The van der Waals surface area contributed by atoms with E-state index in [0.29, 0.717) is 24.6 Å². The summed E-state index contributed by atoms with van der Waals surface area (Å²) < 4.78 is 39.5. The first-order chi connectivity index (χ1) is 13.1. The second-order valence-electron chi connectivity index (χ2n) is 7.15. The molecule has 2 aromatic rings. The number of nitrogens with zero attached hydrogens (tertiary/aromatic N) is 4. The van der Waals surface area contributed by atoms with Gasteiger partial charge in [0.05, 0.1) is 16.7 Å². The highest BCUT2D eigenvalue weighted by Crippen LogP contribution is 2.32. The molecule has 6 nitrogen and oxygen atoms in total. The van der Waals surface area contributed by atoms with Gasteiger partial charge in [-0.2, -0.15) is 13.2 Å². The van der Waals surface area contributed by atoms with Gasteiger partial charge in [-0.1, -0.05) is 12.1 Å². The number of aliphatic hydroxyl groups is 1. The lowest BCUT2D eigenvalue weighted by molar-refractivity contribution is -0.138. The lowest BCUT2D eigenvalue weighted by atomic mass is 10.0. The first kappa shape index (κ1) is 20.1. The third kappa shape index (κ3) is 4.24. The minimum Gasteiger partial charge on any atom is -0.386 e. The van der Waals surface area contributed by atoms with Gasteiger partial charge in [0.25, 0.3) is 5.91 Å². The van der Waals surface area contributed by atoms with Gasteiger partial charge in [0.1, 0.15) is 0 Å². The molecular formula is C19H21F3N4O2. The van der Waals surface area contributed by atoms with Crippen LogP contribution in [0.5, 0.6) is 0 Å². The van der Waals surface area contributed by atoms with E-state index in [1.807, 2.05) is 4.90 Å². The Balaban J connectivity index is 1.68. The number of halogens is 3. The lowest BCUT2D eigenvalue weighted by Crippen LogP contribution is -2.49. The highest BCUT2D eigenvalue weighted by molar-refractivity contribution is 5.96. The third-order valence-corrected chi connectivity index (χ3v) is 4.66. The first-order valence-corrected chi connectivity index (χ1v) is 8.83. The van der Waals surface area contributed by atoms with Gasteiger partial charge in [-0.3, -0.25) is 4.79 Å². The van der Waals surface area contributed by atoms with Crippen molar-refractivity contribution in [3.8, 4) is 0 Å². The highest BCUT2D eigenvalue weighted by atomic mass is 19.4. The van der Waals surface area contributed by atoms with Crippen molar-refractivity contribution in [3.63, 3.8) is 0 Å². The van der Waals surface area contributed by atoms with E-state index in [1.165, 1.54) is 23.1 Å². The van der Waals surface area contributed by atoms with Crippen molar-refractivity contribution < 1.29 is 23.1 Å². The average Bonchev–Trinajstić information content (AvgIpc) is 2.66. The summed E-state index contributed by atoms with van der Waals surface area (Å²) in [5.41, 5.74) is -1.73. The molecule has 0 radical (unpaired) electrons. The van der Waals surface area contributed by atoms with Crippen molar-refractivity contribution >= 4 is 11.9 Å². The van der Waals surface area contributed by atoms with Crippen molar-refractivity contribution in [2.45, 2.75) is 25.6 Å². The number of carbonyl (C=O) groups is 1. The fraction of sp³-hybridized carbons (Fsp3) is 0.421. The first-order valence-electron chi connectivity index (χ1n) is 8.83. The number of carbonyl (C=O) groups excluding carboxylic acids is 1. The standard InChI is InChI=1S/C19H21F3N4O2/c1-18(2,28)13-11-23-17(24-12-13)26-9-7-25(8-10-26)16(27)14-5-3-4-6-15(14)19(20,21)22/h3-6,11-12,28H,7-10H2,1-2H3. The summed E-state index contributed by atoms with van der Waals surface area (Å²) >= 11 is 0. The van der Waals surface area contributed by atoms with Crippen molar-refractivity contribution in [1.82, 2.24) is 14.9 Å². The molecule has 1 aromatic heterocycles. The Labute approximate surface area is 160 Å². The molecule has 1 fully saturated rings. The zero-order chi connectivity index (χ0) is 20.5. The molecule has 1 N–H and O–H groups in total. The molecule has 2 heterocycles. The number of hydrogen-bond donors (Lipinski definition) is 1. The van der Waals surface area contributed by atoms with E-state index in [2.05, 4.69) is 9.97 Å². The molecule has 0 spiro atoms. The molecule has 1 aliphatic rings. The van der Waals surface area contributed by atoms with Gasteiger partial charge in [0.15, 0.2) is 0 Å². The molecule has 0 aliphatic carbocycles. The summed E-state index contributed by atoms with van der Waals surface area (Å²) in [6, 6.07) is 4.82. The van der Waals surface area contributed by atoms with Crippen LogP contribution in [0.15, 0.2) is 36.7 Å². The van der Waals surface area contributed by atoms with E-state index in [-0.39, 0.29) is 18.7 Å². The Hall–Kier alpha value is -2.68. The highest BCUT2D eigenvalue weighted by Gasteiger charge is 2.36. The van der Waals surface area contributed by atoms with Crippen LogP contribution in [0.3, 0.4) is 0 Å². The van der Waals surface area contributed by atoms with E-state index in [9.17, 15) is 23.1 Å². The van der Waals surface area contributed by atoms with E-state index >= 15 is 0 Å². The van der Waals surface area contributed by atoms with Crippen LogP contribution in [0, 0.1) is 0 Å². The van der Waals surface area contributed by atoms with E-state index in [1.54, 1.807) is 26.2 Å². The molecule has 0 saturated carbocycles. The quantitative estimate of drug-likeness (QED) is 0.867. The van der Waals surface area contributed by atoms with Crippen LogP contribution in [-0.2, 0) is 11.8 Å². The van der Waals surface area contributed by atoms with E-state index in [0.717, 1.165) is 6.07 Å². The Morgan fingerprint density at radius 3 is 2.14 bits per heavy atom. The zero-order valence-corrected chi connectivity index (χ0v) is 15.6. The summed E-state index contributed by atoms with van der Waals surface area (Å²) in [7, 11) is 0. The Kier molecular flexibility index (Phi) is 5.29. The number of piperazine rings is 1. The van der Waals surface area contributed by atoms with E-state index < -0.39 is 23.2 Å². The SMILES string of the molecule is CC(C)(O)c1cnc(N2CCN(C(=O)c3ccccc3C(F)(F)F)CC2)nc1. The minimum absolute atomic E-state index is 0.266. The van der Waals surface area contributed by atoms with Crippen LogP contribution >= 0.6 is 0 Å². The number of benzene rings is 1. The van der Waals surface area contributed by atoms with Gasteiger partial charge in [-0.15, -0.1) is 0 Å². The van der Waals surface area contributed by atoms with Gasteiger partial charge < -0.3 is 14.9 Å². The molecule has 1 amide bonds. The summed E-state index contributed by atoms with van der Waals surface area (Å²) in [5, 5.41) is 9.96. The van der Waals surface area contributed by atoms with E-state index in [4.69, 9.17) is 0 Å². The van der Waals surface area contributed by atoms with Gasteiger partial charge in [-0.25, -0.2) is 9.97 Å². The normalized spacial score (nSPS) is 15.6. The van der Waals surface area contributed by atoms with Crippen LogP contribution in [0.1, 0.15) is 35.3 Å². The van der Waals surface area contributed by atoms with Crippen LogP contribution in [0.25, 0.3) is 0 Å². The molecule has 3 rings (SSSR count). The van der Waals surface area contributed by atoms with Crippen LogP contribution < -0.4 is 4.90 Å². The fourth-order valence-electron chi connectivity index (χ4n) is 3.00. The fourth-order valence-corrected chi connectivity index (χ4v) is 3.00. The molecular weight excluding hydrogens is 373 g/mol.